The summed E-state index contributed by atoms with van der Waals surface area (Å²) >= 11 is 0. The number of para-hydroxylation sites is 1. The van der Waals surface area contributed by atoms with Crippen LogP contribution in [-0.2, 0) is 4.74 Å². The summed E-state index contributed by atoms with van der Waals surface area (Å²) in [4.78, 5) is 11.0. The maximum atomic E-state index is 11.0. The van der Waals surface area contributed by atoms with Crippen LogP contribution in [0.15, 0.2) is 59.0 Å². The number of fused-ring (bicyclic) bond motifs is 1. The molecule has 0 amide bonds. The summed E-state index contributed by atoms with van der Waals surface area (Å²) in [5, 5.41) is 9.97. The molecular formula is C17H14O4. The van der Waals surface area contributed by atoms with Gasteiger partial charge in [-0.3, -0.25) is 0 Å². The minimum atomic E-state index is -1.33. The van der Waals surface area contributed by atoms with E-state index in [4.69, 9.17) is 14.3 Å². The van der Waals surface area contributed by atoms with Gasteiger partial charge in [-0.1, -0.05) is 48.5 Å². The molecule has 0 saturated carbocycles. The van der Waals surface area contributed by atoms with Crippen molar-refractivity contribution in [3.8, 4) is 0 Å². The number of benzene rings is 2. The van der Waals surface area contributed by atoms with Gasteiger partial charge in [-0.2, -0.15) is 0 Å². The molecule has 1 N–H and O–H groups in total. The Hall–Kier alpha value is -2.75. The largest absolute Gasteiger partial charge is 0.506 e. The third kappa shape index (κ3) is 2.48. The molecule has 0 aliphatic carbocycles. The van der Waals surface area contributed by atoms with Gasteiger partial charge in [-0.25, -0.2) is 4.79 Å². The van der Waals surface area contributed by atoms with Crippen LogP contribution < -0.4 is 0 Å². The summed E-state index contributed by atoms with van der Waals surface area (Å²) < 4.78 is 10.9. The Kier molecular flexibility index (Phi) is 3.36. The first kappa shape index (κ1) is 13.2. The van der Waals surface area contributed by atoms with Gasteiger partial charge in [0.2, 0.25) is 0 Å². The van der Waals surface area contributed by atoms with Crippen LogP contribution in [-0.4, -0.2) is 11.3 Å². The SMILES string of the molecule is Cc1c(C(OC(=O)O)c2ccccc2)oc2ccccc12. The van der Waals surface area contributed by atoms with E-state index in [2.05, 4.69) is 0 Å². The van der Waals surface area contributed by atoms with Crippen LogP contribution in [0.25, 0.3) is 11.0 Å². The van der Waals surface area contributed by atoms with E-state index in [0.717, 1.165) is 22.1 Å². The summed E-state index contributed by atoms with van der Waals surface area (Å²) in [6, 6.07) is 16.8. The van der Waals surface area contributed by atoms with Crippen LogP contribution in [0.4, 0.5) is 4.79 Å². The van der Waals surface area contributed by atoms with Crippen molar-refractivity contribution in [2.24, 2.45) is 0 Å². The predicted octanol–water partition coefficient (Wildman–Crippen LogP) is 4.53. The van der Waals surface area contributed by atoms with Crippen molar-refractivity contribution < 1.29 is 19.1 Å². The van der Waals surface area contributed by atoms with Gasteiger partial charge >= 0.3 is 6.16 Å². The van der Waals surface area contributed by atoms with E-state index in [1.54, 1.807) is 0 Å². The summed E-state index contributed by atoms with van der Waals surface area (Å²) in [5.74, 6) is 0.518. The molecule has 2 aromatic carbocycles. The summed E-state index contributed by atoms with van der Waals surface area (Å²) in [7, 11) is 0. The van der Waals surface area contributed by atoms with E-state index in [1.807, 2.05) is 61.5 Å². The van der Waals surface area contributed by atoms with E-state index < -0.39 is 12.3 Å². The highest BCUT2D eigenvalue weighted by Crippen LogP contribution is 2.34. The molecule has 0 bridgehead atoms. The molecular weight excluding hydrogens is 268 g/mol. The summed E-state index contributed by atoms with van der Waals surface area (Å²) in [6.07, 6.45) is -2.10. The van der Waals surface area contributed by atoms with E-state index in [-0.39, 0.29) is 0 Å². The summed E-state index contributed by atoms with van der Waals surface area (Å²) in [6.45, 7) is 1.91. The Labute approximate surface area is 121 Å². The lowest BCUT2D eigenvalue weighted by Crippen LogP contribution is -2.10. The van der Waals surface area contributed by atoms with Crippen molar-refractivity contribution in [1.29, 1.82) is 0 Å². The number of rotatable bonds is 3. The van der Waals surface area contributed by atoms with Gasteiger partial charge in [0.15, 0.2) is 11.9 Å². The second-order valence-corrected chi connectivity index (χ2v) is 4.76. The minimum absolute atomic E-state index is 0.518. The van der Waals surface area contributed by atoms with Crippen molar-refractivity contribution in [3.05, 3.63) is 71.5 Å². The zero-order valence-electron chi connectivity index (χ0n) is 11.4. The molecule has 4 heteroatoms. The molecule has 21 heavy (non-hydrogen) atoms. The Morgan fingerprint density at radius 3 is 2.43 bits per heavy atom. The molecule has 1 unspecified atom stereocenters. The number of carboxylic acid groups (broad SMARTS) is 1. The van der Waals surface area contributed by atoms with Crippen LogP contribution in [0.5, 0.6) is 0 Å². The Bertz CT molecular complexity index is 774. The van der Waals surface area contributed by atoms with E-state index in [0.29, 0.717) is 5.76 Å². The maximum Gasteiger partial charge on any atom is 0.506 e. The molecule has 0 saturated heterocycles. The fraction of sp³-hybridized carbons (Fsp3) is 0.118. The van der Waals surface area contributed by atoms with Crippen molar-refractivity contribution >= 4 is 17.1 Å². The number of furan rings is 1. The topological polar surface area (TPSA) is 59.7 Å². The molecule has 4 nitrogen and oxygen atoms in total. The first-order chi connectivity index (χ1) is 10.2. The van der Waals surface area contributed by atoms with Gasteiger partial charge in [0.05, 0.1) is 0 Å². The van der Waals surface area contributed by atoms with Crippen LogP contribution in [0.2, 0.25) is 0 Å². The van der Waals surface area contributed by atoms with Crippen molar-refractivity contribution in [3.63, 3.8) is 0 Å². The smallest absolute Gasteiger partial charge is 0.456 e. The molecule has 0 aliphatic rings. The van der Waals surface area contributed by atoms with Crippen LogP contribution in [0.1, 0.15) is 23.0 Å². The highest BCUT2D eigenvalue weighted by Gasteiger charge is 2.25. The van der Waals surface area contributed by atoms with Crippen molar-refractivity contribution in [2.75, 3.05) is 0 Å². The monoisotopic (exact) mass is 282 g/mol. The van der Waals surface area contributed by atoms with Crippen molar-refractivity contribution in [2.45, 2.75) is 13.0 Å². The molecule has 0 aliphatic heterocycles. The average molecular weight is 282 g/mol. The number of aryl methyl sites for hydroxylation is 1. The second kappa shape index (κ2) is 5.32. The Balaban J connectivity index is 2.14. The summed E-state index contributed by atoms with van der Waals surface area (Å²) in [5.41, 5.74) is 2.35. The molecule has 1 heterocycles. The van der Waals surface area contributed by atoms with E-state index in [1.165, 1.54) is 0 Å². The number of hydrogen-bond donors (Lipinski definition) is 1. The second-order valence-electron chi connectivity index (χ2n) is 4.76. The first-order valence-electron chi connectivity index (χ1n) is 6.59. The standard InChI is InChI=1S/C17H14O4/c1-11-13-9-5-6-10-14(13)20-15(11)16(21-17(18)19)12-7-3-2-4-8-12/h2-10,16H,1H3,(H,18,19). The molecule has 0 spiro atoms. The zero-order valence-corrected chi connectivity index (χ0v) is 11.4. The zero-order chi connectivity index (χ0) is 14.8. The molecule has 3 rings (SSSR count). The highest BCUT2D eigenvalue weighted by atomic mass is 16.7. The Morgan fingerprint density at radius 1 is 1.10 bits per heavy atom. The fourth-order valence-corrected chi connectivity index (χ4v) is 2.44. The van der Waals surface area contributed by atoms with Crippen LogP contribution >= 0.6 is 0 Å². The van der Waals surface area contributed by atoms with Gasteiger partial charge in [-0.15, -0.1) is 0 Å². The lowest BCUT2D eigenvalue weighted by atomic mass is 10.0. The molecule has 1 aromatic heterocycles. The first-order valence-corrected chi connectivity index (χ1v) is 6.59. The molecule has 1 atom stereocenters. The number of hydrogen-bond acceptors (Lipinski definition) is 3. The molecule has 0 radical (unpaired) electrons. The van der Waals surface area contributed by atoms with Gasteiger partial charge < -0.3 is 14.3 Å². The molecule has 106 valence electrons. The van der Waals surface area contributed by atoms with E-state index >= 15 is 0 Å². The lowest BCUT2D eigenvalue weighted by molar-refractivity contribution is 0.0586. The van der Waals surface area contributed by atoms with Gasteiger partial charge in [-0.05, 0) is 13.0 Å². The molecule has 0 fully saturated rings. The van der Waals surface area contributed by atoms with Gasteiger partial charge in [0, 0.05) is 16.5 Å². The number of carbonyl (C=O) groups is 1. The predicted molar refractivity (Wildman–Crippen MR) is 78.3 cm³/mol. The fourth-order valence-electron chi connectivity index (χ4n) is 2.44. The van der Waals surface area contributed by atoms with Crippen molar-refractivity contribution in [1.82, 2.24) is 0 Å². The Morgan fingerprint density at radius 2 is 1.76 bits per heavy atom. The normalized spacial score (nSPS) is 12.2. The third-order valence-electron chi connectivity index (χ3n) is 3.44. The van der Waals surface area contributed by atoms with Gasteiger partial charge in [0.1, 0.15) is 5.58 Å². The third-order valence-corrected chi connectivity index (χ3v) is 3.44. The minimum Gasteiger partial charge on any atom is -0.456 e. The average Bonchev–Trinajstić information content (AvgIpc) is 2.83. The number of ether oxygens (including phenoxy) is 1. The van der Waals surface area contributed by atoms with Crippen LogP contribution in [0, 0.1) is 6.92 Å². The lowest BCUT2D eigenvalue weighted by Gasteiger charge is -2.14. The van der Waals surface area contributed by atoms with Gasteiger partial charge in [0.25, 0.3) is 0 Å². The van der Waals surface area contributed by atoms with Crippen LogP contribution in [0.3, 0.4) is 0 Å². The maximum absolute atomic E-state index is 11.0. The quantitative estimate of drug-likeness (QED) is 0.717. The molecule has 3 aromatic rings. The highest BCUT2D eigenvalue weighted by molar-refractivity contribution is 5.82. The van der Waals surface area contributed by atoms with E-state index in [9.17, 15) is 4.79 Å².